The van der Waals surface area contributed by atoms with Gasteiger partial charge in [-0.15, -0.1) is 0 Å². The Hall–Kier alpha value is -0.290. The SMILES string of the molecule is CCOP(=O)(OCC)[C@@H](NC(=O)c1ccc(C)cc1)C(Cl)(Cl)Cl. The Morgan fingerprint density at radius 3 is 2.04 bits per heavy atom. The summed E-state index contributed by atoms with van der Waals surface area (Å²) in [6, 6.07) is 6.77. The Morgan fingerprint density at radius 2 is 1.65 bits per heavy atom. The number of alkyl halides is 3. The average Bonchev–Trinajstić information content (AvgIpc) is 2.44. The molecule has 1 aromatic rings. The highest BCUT2D eigenvalue weighted by molar-refractivity contribution is 7.55. The Morgan fingerprint density at radius 1 is 1.17 bits per heavy atom. The molecule has 0 spiro atoms. The van der Waals surface area contributed by atoms with E-state index in [1.165, 1.54) is 0 Å². The Labute approximate surface area is 151 Å². The molecule has 1 aromatic carbocycles. The van der Waals surface area contributed by atoms with E-state index in [1.807, 2.05) is 6.92 Å². The molecule has 0 aliphatic rings. The third-order valence-corrected chi connectivity index (χ3v) is 6.32. The molecule has 0 bridgehead atoms. The van der Waals surface area contributed by atoms with Crippen molar-refractivity contribution in [2.24, 2.45) is 0 Å². The Bertz CT molecular complexity index is 564. The van der Waals surface area contributed by atoms with Gasteiger partial charge in [-0.05, 0) is 32.9 Å². The second-order valence-electron chi connectivity index (χ2n) is 4.66. The maximum Gasteiger partial charge on any atom is 0.357 e. The van der Waals surface area contributed by atoms with Crippen molar-refractivity contribution < 1.29 is 18.4 Å². The van der Waals surface area contributed by atoms with Crippen molar-refractivity contribution in [1.29, 1.82) is 0 Å². The molecule has 0 radical (unpaired) electrons. The van der Waals surface area contributed by atoms with Gasteiger partial charge < -0.3 is 14.4 Å². The molecule has 0 fully saturated rings. The summed E-state index contributed by atoms with van der Waals surface area (Å²) in [4.78, 5) is 12.3. The predicted octanol–water partition coefficient (Wildman–Crippen LogP) is 4.69. The molecule has 1 atom stereocenters. The van der Waals surface area contributed by atoms with Crippen LogP contribution in [-0.2, 0) is 13.6 Å². The molecule has 0 saturated heterocycles. The number of carbonyl (C=O) groups excluding carboxylic acids is 1. The maximum atomic E-state index is 12.9. The van der Waals surface area contributed by atoms with Crippen LogP contribution in [0.2, 0.25) is 0 Å². The van der Waals surface area contributed by atoms with Crippen LogP contribution in [0.3, 0.4) is 0 Å². The van der Waals surface area contributed by atoms with Gasteiger partial charge in [0.05, 0.1) is 13.2 Å². The van der Waals surface area contributed by atoms with Gasteiger partial charge in [0, 0.05) is 5.56 Å². The van der Waals surface area contributed by atoms with E-state index >= 15 is 0 Å². The topological polar surface area (TPSA) is 64.6 Å². The van der Waals surface area contributed by atoms with Gasteiger partial charge in [-0.25, -0.2) is 0 Å². The van der Waals surface area contributed by atoms with Crippen LogP contribution in [-0.4, -0.2) is 28.7 Å². The fourth-order valence-corrected chi connectivity index (χ4v) is 4.76. The van der Waals surface area contributed by atoms with Crippen LogP contribution in [0, 0.1) is 6.92 Å². The lowest BCUT2D eigenvalue weighted by Crippen LogP contribution is -2.44. The molecule has 1 amide bonds. The molecule has 0 heterocycles. The summed E-state index contributed by atoms with van der Waals surface area (Å²) in [5.74, 6) is -1.98. The van der Waals surface area contributed by atoms with E-state index in [-0.39, 0.29) is 13.2 Å². The summed E-state index contributed by atoms with van der Waals surface area (Å²) in [7, 11) is -3.86. The minimum Gasteiger partial charge on any atom is -0.334 e. The molecule has 0 unspecified atom stereocenters. The van der Waals surface area contributed by atoms with Crippen molar-refractivity contribution in [2.45, 2.75) is 30.3 Å². The lowest BCUT2D eigenvalue weighted by atomic mass is 10.1. The number of benzene rings is 1. The smallest absolute Gasteiger partial charge is 0.334 e. The molecule has 1 rings (SSSR count). The first-order valence-electron chi connectivity index (χ1n) is 6.97. The molecule has 23 heavy (non-hydrogen) atoms. The van der Waals surface area contributed by atoms with Gasteiger partial charge >= 0.3 is 7.60 Å². The molecule has 0 aliphatic carbocycles. The standard InChI is InChI=1S/C14H19Cl3NO4P/c1-4-21-23(20,22-5-2)13(14(15,16)17)18-12(19)11-8-6-10(3)7-9-11/h6-9,13H,4-5H2,1-3H3,(H,18,19)/t13-/m1/s1. The Kier molecular flexibility index (Phi) is 7.85. The molecular formula is C14H19Cl3NO4P. The number of rotatable bonds is 7. The van der Waals surface area contributed by atoms with Crippen molar-refractivity contribution in [3.8, 4) is 0 Å². The fraction of sp³-hybridized carbons (Fsp3) is 0.500. The normalized spacial score (nSPS) is 13.7. The van der Waals surface area contributed by atoms with Crippen molar-refractivity contribution in [2.75, 3.05) is 13.2 Å². The zero-order valence-electron chi connectivity index (χ0n) is 13.0. The molecular weight excluding hydrogens is 383 g/mol. The van der Waals surface area contributed by atoms with Gasteiger partial charge in [0.25, 0.3) is 5.91 Å². The zero-order valence-corrected chi connectivity index (χ0v) is 16.2. The van der Waals surface area contributed by atoms with Gasteiger partial charge in [0.2, 0.25) is 3.79 Å². The highest BCUT2D eigenvalue weighted by Crippen LogP contribution is 2.58. The molecule has 9 heteroatoms. The number of halogens is 3. The zero-order chi connectivity index (χ0) is 17.7. The Balaban J connectivity index is 3.09. The van der Waals surface area contributed by atoms with Crippen molar-refractivity contribution in [1.82, 2.24) is 5.32 Å². The molecule has 0 saturated carbocycles. The molecule has 5 nitrogen and oxygen atoms in total. The lowest BCUT2D eigenvalue weighted by molar-refractivity contribution is 0.0938. The second kappa shape index (κ2) is 8.70. The first-order chi connectivity index (χ1) is 10.6. The first kappa shape index (κ1) is 20.8. The summed E-state index contributed by atoms with van der Waals surface area (Å²) in [5.41, 5.74) is 1.34. The summed E-state index contributed by atoms with van der Waals surface area (Å²) >= 11 is 17.7. The summed E-state index contributed by atoms with van der Waals surface area (Å²) < 4.78 is 21.2. The largest absolute Gasteiger partial charge is 0.357 e. The van der Waals surface area contributed by atoms with Gasteiger partial charge in [0.1, 0.15) is 0 Å². The quantitative estimate of drug-likeness (QED) is 0.531. The minimum absolute atomic E-state index is 0.0783. The van der Waals surface area contributed by atoms with Crippen LogP contribution in [0.25, 0.3) is 0 Å². The van der Waals surface area contributed by atoms with Crippen LogP contribution in [0.15, 0.2) is 24.3 Å². The van der Waals surface area contributed by atoms with Gasteiger partial charge in [-0.3, -0.25) is 9.36 Å². The molecule has 0 aromatic heterocycles. The number of hydrogen-bond acceptors (Lipinski definition) is 4. The third kappa shape index (κ3) is 5.93. The van der Waals surface area contributed by atoms with Crippen LogP contribution in [0.4, 0.5) is 0 Å². The van der Waals surface area contributed by atoms with Gasteiger partial charge in [-0.2, -0.15) is 0 Å². The van der Waals surface area contributed by atoms with E-state index < -0.39 is 23.1 Å². The monoisotopic (exact) mass is 401 g/mol. The fourth-order valence-electron chi connectivity index (χ4n) is 1.80. The molecule has 1 N–H and O–H groups in total. The summed E-state index contributed by atoms with van der Waals surface area (Å²) in [5, 5.41) is 2.46. The van der Waals surface area contributed by atoms with E-state index in [2.05, 4.69) is 5.32 Å². The van der Waals surface area contributed by atoms with Gasteiger partial charge in [-0.1, -0.05) is 52.5 Å². The van der Waals surface area contributed by atoms with Crippen molar-refractivity contribution in [3.05, 3.63) is 35.4 Å². The van der Waals surface area contributed by atoms with E-state index in [1.54, 1.807) is 38.1 Å². The molecule has 0 aliphatic heterocycles. The number of amides is 1. The van der Waals surface area contributed by atoms with Crippen LogP contribution in [0.1, 0.15) is 29.8 Å². The van der Waals surface area contributed by atoms with E-state index in [0.717, 1.165) is 5.56 Å². The average molecular weight is 403 g/mol. The number of aryl methyl sites for hydroxylation is 1. The number of carbonyl (C=O) groups is 1. The highest BCUT2D eigenvalue weighted by Gasteiger charge is 2.49. The highest BCUT2D eigenvalue weighted by atomic mass is 35.6. The predicted molar refractivity (Wildman–Crippen MR) is 93.6 cm³/mol. The summed E-state index contributed by atoms with van der Waals surface area (Å²) in [6.45, 7) is 5.31. The second-order valence-corrected chi connectivity index (χ2v) is 9.14. The number of nitrogens with one attached hydrogen (secondary N) is 1. The van der Waals surface area contributed by atoms with Crippen LogP contribution in [0.5, 0.6) is 0 Å². The van der Waals surface area contributed by atoms with Crippen molar-refractivity contribution >= 4 is 48.3 Å². The minimum atomic E-state index is -3.86. The van der Waals surface area contributed by atoms with E-state index in [9.17, 15) is 9.36 Å². The van der Waals surface area contributed by atoms with E-state index in [0.29, 0.717) is 5.56 Å². The first-order valence-corrected chi connectivity index (χ1v) is 9.71. The summed E-state index contributed by atoms with van der Waals surface area (Å²) in [6.07, 6.45) is 0. The lowest BCUT2D eigenvalue weighted by Gasteiger charge is -2.31. The van der Waals surface area contributed by atoms with Crippen LogP contribution < -0.4 is 5.32 Å². The number of hydrogen-bond donors (Lipinski definition) is 1. The van der Waals surface area contributed by atoms with Gasteiger partial charge in [0.15, 0.2) is 5.78 Å². The molecule has 130 valence electrons. The van der Waals surface area contributed by atoms with Crippen LogP contribution >= 0.6 is 42.4 Å². The third-order valence-electron chi connectivity index (χ3n) is 2.83. The van der Waals surface area contributed by atoms with Crippen molar-refractivity contribution in [3.63, 3.8) is 0 Å². The van der Waals surface area contributed by atoms with E-state index in [4.69, 9.17) is 43.9 Å². The maximum absolute atomic E-state index is 12.9.